The second-order valence-electron chi connectivity index (χ2n) is 8.11. The zero-order valence-corrected chi connectivity index (χ0v) is 16.8. The maximum atomic E-state index is 6.14. The molecule has 0 radical (unpaired) electrons. The van der Waals surface area contributed by atoms with Crippen molar-refractivity contribution in [1.29, 1.82) is 0 Å². The van der Waals surface area contributed by atoms with E-state index in [9.17, 15) is 0 Å². The summed E-state index contributed by atoms with van der Waals surface area (Å²) in [6, 6.07) is 18.8. The van der Waals surface area contributed by atoms with E-state index in [0.717, 1.165) is 25.3 Å². The van der Waals surface area contributed by atoms with Crippen LogP contribution in [0.1, 0.15) is 44.2 Å². The van der Waals surface area contributed by atoms with E-state index >= 15 is 0 Å². The number of hydrogen-bond donors (Lipinski definition) is 0. The highest BCUT2D eigenvalue weighted by molar-refractivity contribution is 5.28. The standard InChI is InChI=1S/C24H33NO2/c1-24(2,27-20-22-9-5-3-6-10-22)19-21-11-13-23(14-12-21)26-18-17-25-15-7-4-8-16-25/h3,5-6,9-14H,4,7-8,15-20H2,1-2H3. The van der Waals surface area contributed by atoms with Gasteiger partial charge in [0.1, 0.15) is 12.4 Å². The molecule has 2 aromatic carbocycles. The van der Waals surface area contributed by atoms with Crippen LogP contribution >= 0.6 is 0 Å². The Balaban J connectivity index is 1.42. The Labute approximate surface area is 164 Å². The Kier molecular flexibility index (Phi) is 7.31. The van der Waals surface area contributed by atoms with Gasteiger partial charge in [-0.3, -0.25) is 4.90 Å². The van der Waals surface area contributed by atoms with Gasteiger partial charge in [0.2, 0.25) is 0 Å². The molecule has 3 heteroatoms. The zero-order chi connectivity index (χ0) is 19.0. The summed E-state index contributed by atoms with van der Waals surface area (Å²) in [6.07, 6.45) is 4.92. The molecule has 0 aromatic heterocycles. The van der Waals surface area contributed by atoms with Crippen LogP contribution < -0.4 is 4.74 Å². The highest BCUT2D eigenvalue weighted by atomic mass is 16.5. The lowest BCUT2D eigenvalue weighted by atomic mass is 9.98. The van der Waals surface area contributed by atoms with Crippen molar-refractivity contribution in [2.75, 3.05) is 26.2 Å². The molecule has 0 aliphatic carbocycles. The lowest BCUT2D eigenvalue weighted by molar-refractivity contribution is -0.0287. The van der Waals surface area contributed by atoms with Crippen LogP contribution in [-0.2, 0) is 17.8 Å². The highest BCUT2D eigenvalue weighted by Gasteiger charge is 2.19. The largest absolute Gasteiger partial charge is 0.492 e. The van der Waals surface area contributed by atoms with E-state index in [2.05, 4.69) is 67.3 Å². The molecule has 0 spiro atoms. The summed E-state index contributed by atoms with van der Waals surface area (Å²) < 4.78 is 12.1. The van der Waals surface area contributed by atoms with Crippen LogP contribution in [0.25, 0.3) is 0 Å². The number of benzene rings is 2. The molecule has 3 rings (SSSR count). The molecule has 1 aliphatic rings. The van der Waals surface area contributed by atoms with Gasteiger partial charge in [0.25, 0.3) is 0 Å². The van der Waals surface area contributed by atoms with Gasteiger partial charge in [-0.25, -0.2) is 0 Å². The predicted octanol–water partition coefficient (Wildman–Crippen LogP) is 5.09. The molecule has 0 atom stereocenters. The van der Waals surface area contributed by atoms with Crippen molar-refractivity contribution in [2.24, 2.45) is 0 Å². The predicted molar refractivity (Wildman–Crippen MR) is 111 cm³/mol. The van der Waals surface area contributed by atoms with Gasteiger partial charge in [-0.05, 0) is 63.0 Å². The van der Waals surface area contributed by atoms with Gasteiger partial charge >= 0.3 is 0 Å². The van der Waals surface area contributed by atoms with E-state index in [4.69, 9.17) is 9.47 Å². The first kappa shape index (κ1) is 19.9. The van der Waals surface area contributed by atoms with E-state index in [1.54, 1.807) is 0 Å². The minimum absolute atomic E-state index is 0.202. The van der Waals surface area contributed by atoms with Crippen molar-refractivity contribution in [2.45, 2.75) is 51.7 Å². The molecule has 0 amide bonds. The minimum Gasteiger partial charge on any atom is -0.492 e. The molecule has 0 saturated carbocycles. The fourth-order valence-electron chi connectivity index (χ4n) is 3.57. The lowest BCUT2D eigenvalue weighted by Gasteiger charge is -2.26. The van der Waals surface area contributed by atoms with Gasteiger partial charge in [0.15, 0.2) is 0 Å². The number of nitrogens with zero attached hydrogens (tertiary/aromatic N) is 1. The molecule has 1 aliphatic heterocycles. The Morgan fingerprint density at radius 3 is 2.26 bits per heavy atom. The normalized spacial score (nSPS) is 15.6. The van der Waals surface area contributed by atoms with Crippen molar-refractivity contribution < 1.29 is 9.47 Å². The van der Waals surface area contributed by atoms with Gasteiger partial charge in [0.05, 0.1) is 12.2 Å². The minimum atomic E-state index is -0.202. The van der Waals surface area contributed by atoms with Crippen molar-refractivity contribution in [3.05, 3.63) is 65.7 Å². The zero-order valence-electron chi connectivity index (χ0n) is 16.8. The van der Waals surface area contributed by atoms with Crippen molar-refractivity contribution in [3.63, 3.8) is 0 Å². The molecule has 3 nitrogen and oxygen atoms in total. The highest BCUT2D eigenvalue weighted by Crippen LogP contribution is 2.21. The summed E-state index contributed by atoms with van der Waals surface area (Å²) in [7, 11) is 0. The van der Waals surface area contributed by atoms with Crippen molar-refractivity contribution in [1.82, 2.24) is 4.90 Å². The third-order valence-electron chi connectivity index (χ3n) is 5.15. The topological polar surface area (TPSA) is 21.7 Å². The van der Waals surface area contributed by atoms with E-state index in [1.165, 1.54) is 43.5 Å². The second kappa shape index (κ2) is 9.91. The number of likely N-dealkylation sites (tertiary alicyclic amines) is 1. The van der Waals surface area contributed by atoms with Crippen LogP contribution in [0.5, 0.6) is 5.75 Å². The smallest absolute Gasteiger partial charge is 0.119 e. The van der Waals surface area contributed by atoms with Crippen molar-refractivity contribution >= 4 is 0 Å². The van der Waals surface area contributed by atoms with Crippen LogP contribution in [0, 0.1) is 0 Å². The summed E-state index contributed by atoms with van der Waals surface area (Å²) in [5, 5.41) is 0. The first-order chi connectivity index (χ1) is 13.1. The molecule has 27 heavy (non-hydrogen) atoms. The molecular weight excluding hydrogens is 334 g/mol. The molecule has 1 saturated heterocycles. The maximum Gasteiger partial charge on any atom is 0.119 e. The lowest BCUT2D eigenvalue weighted by Crippen LogP contribution is -2.33. The average molecular weight is 368 g/mol. The number of hydrogen-bond acceptors (Lipinski definition) is 3. The fourth-order valence-corrected chi connectivity index (χ4v) is 3.57. The third kappa shape index (κ3) is 7.00. The Bertz CT molecular complexity index is 661. The van der Waals surface area contributed by atoms with Gasteiger partial charge in [0, 0.05) is 13.0 Å². The van der Waals surface area contributed by atoms with E-state index in [-0.39, 0.29) is 5.60 Å². The third-order valence-corrected chi connectivity index (χ3v) is 5.15. The molecule has 1 heterocycles. The Morgan fingerprint density at radius 1 is 0.852 bits per heavy atom. The van der Waals surface area contributed by atoms with Crippen molar-refractivity contribution in [3.8, 4) is 5.75 Å². The van der Waals surface area contributed by atoms with Gasteiger partial charge in [-0.1, -0.05) is 48.9 Å². The summed E-state index contributed by atoms with van der Waals surface area (Å²) >= 11 is 0. The number of piperidine rings is 1. The van der Waals surface area contributed by atoms with Crippen LogP contribution in [0.3, 0.4) is 0 Å². The molecule has 1 fully saturated rings. The van der Waals surface area contributed by atoms with Gasteiger partial charge in [-0.15, -0.1) is 0 Å². The molecule has 146 valence electrons. The first-order valence-electron chi connectivity index (χ1n) is 10.2. The second-order valence-corrected chi connectivity index (χ2v) is 8.11. The summed E-state index contributed by atoms with van der Waals surface area (Å²) in [5.41, 5.74) is 2.28. The van der Waals surface area contributed by atoms with E-state index in [0.29, 0.717) is 6.61 Å². The maximum absolute atomic E-state index is 6.14. The van der Waals surface area contributed by atoms with E-state index < -0.39 is 0 Å². The van der Waals surface area contributed by atoms with Crippen LogP contribution in [0.2, 0.25) is 0 Å². The molecule has 2 aromatic rings. The summed E-state index contributed by atoms with van der Waals surface area (Å²) in [5.74, 6) is 0.957. The SMILES string of the molecule is CC(C)(Cc1ccc(OCCN2CCCCC2)cc1)OCc1ccccc1. The molecule has 0 unspecified atom stereocenters. The Hall–Kier alpha value is -1.84. The average Bonchev–Trinajstić information content (AvgIpc) is 2.69. The van der Waals surface area contributed by atoms with Crippen LogP contribution in [0.15, 0.2) is 54.6 Å². The monoisotopic (exact) mass is 367 g/mol. The number of rotatable bonds is 9. The Morgan fingerprint density at radius 2 is 1.56 bits per heavy atom. The van der Waals surface area contributed by atoms with Gasteiger partial charge < -0.3 is 9.47 Å². The molecule has 0 bridgehead atoms. The summed E-state index contributed by atoms with van der Waals surface area (Å²) in [4.78, 5) is 2.50. The molecular formula is C24H33NO2. The van der Waals surface area contributed by atoms with Crippen LogP contribution in [-0.4, -0.2) is 36.7 Å². The fraction of sp³-hybridized carbons (Fsp3) is 0.500. The molecule has 0 N–H and O–H groups in total. The number of ether oxygens (including phenoxy) is 2. The first-order valence-corrected chi connectivity index (χ1v) is 10.2. The van der Waals surface area contributed by atoms with Gasteiger partial charge in [-0.2, -0.15) is 0 Å². The van der Waals surface area contributed by atoms with Crippen LogP contribution in [0.4, 0.5) is 0 Å². The quantitative estimate of drug-likeness (QED) is 0.616. The van der Waals surface area contributed by atoms with E-state index in [1.807, 2.05) is 6.07 Å². The summed E-state index contributed by atoms with van der Waals surface area (Å²) in [6.45, 7) is 9.19.